The van der Waals surface area contributed by atoms with Crippen LogP contribution in [0.25, 0.3) is 22.5 Å². The summed E-state index contributed by atoms with van der Waals surface area (Å²) in [6.07, 6.45) is 4.68. The molecule has 4 aromatic rings. The van der Waals surface area contributed by atoms with Crippen LogP contribution in [0.4, 0.5) is 10.3 Å². The van der Waals surface area contributed by atoms with Gasteiger partial charge in [-0.2, -0.15) is 14.5 Å². The number of rotatable bonds is 3. The molecule has 114 valence electrons. The highest BCUT2D eigenvalue weighted by molar-refractivity contribution is 5.89. The monoisotopic (exact) mass is 310 g/mol. The highest BCUT2D eigenvalue weighted by atomic mass is 19.1. The number of anilines is 1. The zero-order valence-corrected chi connectivity index (χ0v) is 11.8. The SMILES string of the molecule is Nc1nc(-c2ccco2)c2cnn(Cc3ccc(F)nc3)c2n1. The van der Waals surface area contributed by atoms with Crippen molar-refractivity contribution in [2.75, 3.05) is 5.73 Å². The van der Waals surface area contributed by atoms with Crippen LogP contribution in [0.5, 0.6) is 0 Å². The molecule has 2 N–H and O–H groups in total. The van der Waals surface area contributed by atoms with Gasteiger partial charge in [0, 0.05) is 6.20 Å². The quantitative estimate of drug-likeness (QED) is 0.583. The van der Waals surface area contributed by atoms with Crippen molar-refractivity contribution in [2.45, 2.75) is 6.54 Å². The molecule has 4 rings (SSSR count). The van der Waals surface area contributed by atoms with Gasteiger partial charge in [-0.05, 0) is 23.8 Å². The van der Waals surface area contributed by atoms with Crippen molar-refractivity contribution in [3.63, 3.8) is 0 Å². The highest BCUT2D eigenvalue weighted by Gasteiger charge is 2.15. The van der Waals surface area contributed by atoms with E-state index in [2.05, 4.69) is 20.1 Å². The fraction of sp³-hybridized carbons (Fsp3) is 0.0667. The zero-order chi connectivity index (χ0) is 15.8. The Balaban J connectivity index is 1.81. The largest absolute Gasteiger partial charge is 0.463 e. The van der Waals surface area contributed by atoms with Crippen LogP contribution >= 0.6 is 0 Å². The van der Waals surface area contributed by atoms with E-state index in [4.69, 9.17) is 10.2 Å². The zero-order valence-electron chi connectivity index (χ0n) is 11.8. The summed E-state index contributed by atoms with van der Waals surface area (Å²) in [5.74, 6) is 0.195. The molecule has 4 aromatic heterocycles. The number of halogens is 1. The fourth-order valence-electron chi connectivity index (χ4n) is 2.36. The van der Waals surface area contributed by atoms with Gasteiger partial charge in [0.05, 0.1) is 24.4 Å². The molecule has 0 fully saturated rings. The van der Waals surface area contributed by atoms with Gasteiger partial charge in [0.15, 0.2) is 11.4 Å². The van der Waals surface area contributed by atoms with Crippen LogP contribution < -0.4 is 5.73 Å². The Hall–Kier alpha value is -3.29. The molecule has 0 atom stereocenters. The van der Waals surface area contributed by atoms with Crippen LogP contribution in [0.15, 0.2) is 47.3 Å². The summed E-state index contributed by atoms with van der Waals surface area (Å²) in [4.78, 5) is 12.1. The Bertz CT molecular complexity index is 962. The number of fused-ring (bicyclic) bond motifs is 1. The molecule has 0 radical (unpaired) electrons. The minimum Gasteiger partial charge on any atom is -0.463 e. The maximum Gasteiger partial charge on any atom is 0.222 e. The molecule has 0 bridgehead atoms. The summed E-state index contributed by atoms with van der Waals surface area (Å²) in [6.45, 7) is 0.394. The lowest BCUT2D eigenvalue weighted by Crippen LogP contribution is -2.05. The van der Waals surface area contributed by atoms with Crippen molar-refractivity contribution >= 4 is 17.0 Å². The molecule has 0 aromatic carbocycles. The first-order valence-electron chi connectivity index (χ1n) is 6.84. The van der Waals surface area contributed by atoms with Crippen LogP contribution in [0.2, 0.25) is 0 Å². The van der Waals surface area contributed by atoms with Crippen LogP contribution in [-0.2, 0) is 6.54 Å². The van der Waals surface area contributed by atoms with E-state index >= 15 is 0 Å². The number of nitrogen functional groups attached to an aromatic ring is 1. The van der Waals surface area contributed by atoms with Gasteiger partial charge in [-0.3, -0.25) is 0 Å². The molecule has 0 aliphatic rings. The van der Waals surface area contributed by atoms with Gasteiger partial charge in [0.25, 0.3) is 0 Å². The second-order valence-electron chi connectivity index (χ2n) is 4.94. The van der Waals surface area contributed by atoms with E-state index in [1.165, 1.54) is 12.3 Å². The lowest BCUT2D eigenvalue weighted by molar-refractivity contribution is 0.579. The van der Waals surface area contributed by atoms with Crippen molar-refractivity contribution < 1.29 is 8.81 Å². The third-order valence-corrected chi connectivity index (χ3v) is 3.39. The fourth-order valence-corrected chi connectivity index (χ4v) is 2.36. The van der Waals surface area contributed by atoms with E-state index in [0.717, 1.165) is 10.9 Å². The van der Waals surface area contributed by atoms with E-state index in [-0.39, 0.29) is 5.95 Å². The Kier molecular flexibility index (Phi) is 3.00. The summed E-state index contributed by atoms with van der Waals surface area (Å²) in [5.41, 5.74) is 7.77. The van der Waals surface area contributed by atoms with E-state index in [1.54, 1.807) is 35.3 Å². The molecule has 0 aliphatic heterocycles. The van der Waals surface area contributed by atoms with Crippen molar-refractivity contribution in [1.29, 1.82) is 0 Å². The van der Waals surface area contributed by atoms with E-state index in [0.29, 0.717) is 23.6 Å². The van der Waals surface area contributed by atoms with E-state index < -0.39 is 5.95 Å². The molecule has 0 unspecified atom stereocenters. The third-order valence-electron chi connectivity index (χ3n) is 3.39. The Morgan fingerprint density at radius 2 is 2.09 bits per heavy atom. The van der Waals surface area contributed by atoms with Crippen molar-refractivity contribution in [3.8, 4) is 11.5 Å². The predicted octanol–water partition coefficient (Wildman–Crippen LogP) is 2.25. The number of nitrogens with zero attached hydrogens (tertiary/aromatic N) is 5. The van der Waals surface area contributed by atoms with E-state index in [1.807, 2.05) is 0 Å². The minimum atomic E-state index is -0.522. The lowest BCUT2D eigenvalue weighted by atomic mass is 10.2. The smallest absolute Gasteiger partial charge is 0.222 e. The molecule has 23 heavy (non-hydrogen) atoms. The van der Waals surface area contributed by atoms with Crippen LogP contribution in [0.3, 0.4) is 0 Å². The topological polar surface area (TPSA) is 95.7 Å². The van der Waals surface area contributed by atoms with Crippen molar-refractivity contribution in [1.82, 2.24) is 24.7 Å². The molecule has 0 spiro atoms. The predicted molar refractivity (Wildman–Crippen MR) is 80.7 cm³/mol. The van der Waals surface area contributed by atoms with Crippen LogP contribution in [-0.4, -0.2) is 24.7 Å². The number of hydrogen-bond donors (Lipinski definition) is 1. The molecule has 0 saturated carbocycles. The van der Waals surface area contributed by atoms with Gasteiger partial charge in [0.2, 0.25) is 11.9 Å². The Labute approximate surface area is 129 Å². The average molecular weight is 310 g/mol. The molecular formula is C15H11FN6O. The molecule has 0 saturated heterocycles. The summed E-state index contributed by atoms with van der Waals surface area (Å²) < 4.78 is 20.0. The number of hydrogen-bond acceptors (Lipinski definition) is 6. The van der Waals surface area contributed by atoms with Crippen molar-refractivity contribution in [2.24, 2.45) is 0 Å². The second-order valence-corrected chi connectivity index (χ2v) is 4.94. The number of nitrogens with two attached hydrogens (primary N) is 1. The molecule has 0 aliphatic carbocycles. The molecular weight excluding hydrogens is 299 g/mol. The Morgan fingerprint density at radius 3 is 2.83 bits per heavy atom. The lowest BCUT2D eigenvalue weighted by Gasteiger charge is -2.05. The van der Waals surface area contributed by atoms with Gasteiger partial charge < -0.3 is 10.2 Å². The highest BCUT2D eigenvalue weighted by Crippen LogP contribution is 2.27. The standard InChI is InChI=1S/C15H11FN6O/c16-12-4-3-9(6-18-12)8-22-14-10(7-19-22)13(20-15(17)21-14)11-2-1-5-23-11/h1-7H,8H2,(H2,17,20,21). The van der Waals surface area contributed by atoms with Crippen LogP contribution in [0, 0.1) is 5.95 Å². The molecule has 8 heteroatoms. The first-order valence-corrected chi connectivity index (χ1v) is 6.84. The first kappa shape index (κ1) is 13.4. The summed E-state index contributed by atoms with van der Waals surface area (Å²) in [5, 5.41) is 5.05. The molecule has 0 amide bonds. The average Bonchev–Trinajstić information content (AvgIpc) is 3.19. The third kappa shape index (κ3) is 2.39. The second kappa shape index (κ2) is 5.16. The Morgan fingerprint density at radius 1 is 1.17 bits per heavy atom. The van der Waals surface area contributed by atoms with Gasteiger partial charge >= 0.3 is 0 Å². The molecule has 4 heterocycles. The van der Waals surface area contributed by atoms with Gasteiger partial charge in [-0.1, -0.05) is 6.07 Å². The van der Waals surface area contributed by atoms with Gasteiger partial charge in [0.1, 0.15) is 5.69 Å². The maximum atomic E-state index is 12.9. The normalized spacial score (nSPS) is 11.2. The first-order chi connectivity index (χ1) is 11.2. The van der Waals surface area contributed by atoms with Crippen molar-refractivity contribution in [3.05, 3.63) is 54.4 Å². The summed E-state index contributed by atoms with van der Waals surface area (Å²) in [7, 11) is 0. The number of furan rings is 1. The van der Waals surface area contributed by atoms with Crippen LogP contribution in [0.1, 0.15) is 5.56 Å². The maximum absolute atomic E-state index is 12.9. The van der Waals surface area contributed by atoms with E-state index in [9.17, 15) is 4.39 Å². The molecule has 7 nitrogen and oxygen atoms in total. The number of aromatic nitrogens is 5. The van der Waals surface area contributed by atoms with Gasteiger partial charge in [-0.15, -0.1) is 0 Å². The summed E-state index contributed by atoms with van der Waals surface area (Å²) in [6, 6.07) is 6.52. The summed E-state index contributed by atoms with van der Waals surface area (Å²) >= 11 is 0. The number of pyridine rings is 1. The minimum absolute atomic E-state index is 0.128. The van der Waals surface area contributed by atoms with Gasteiger partial charge in [-0.25, -0.2) is 14.6 Å².